The highest BCUT2D eigenvalue weighted by molar-refractivity contribution is 8.04. The Labute approximate surface area is 164 Å². The van der Waals surface area contributed by atoms with Crippen LogP contribution in [0.25, 0.3) is 17.5 Å². The van der Waals surface area contributed by atoms with Crippen LogP contribution in [-0.4, -0.2) is 45.6 Å². The molecule has 0 aliphatic rings. The van der Waals surface area contributed by atoms with Gasteiger partial charge in [-0.15, -0.1) is 5.10 Å². The van der Waals surface area contributed by atoms with E-state index in [0.29, 0.717) is 28.5 Å². The van der Waals surface area contributed by atoms with Gasteiger partial charge < -0.3 is 19.7 Å². The lowest BCUT2D eigenvalue weighted by atomic mass is 10.2. The normalized spacial score (nSPS) is 11.3. The Morgan fingerprint density at radius 1 is 1.14 bits per heavy atom. The highest BCUT2D eigenvalue weighted by Gasteiger charge is 2.16. The molecule has 3 aromatic rings. The van der Waals surface area contributed by atoms with E-state index in [0.717, 1.165) is 11.8 Å². The molecule has 1 heterocycles. The number of phenolic OH excluding ortho intramolecular Hbond substituents is 1. The molecule has 0 aliphatic carbocycles. The van der Waals surface area contributed by atoms with Gasteiger partial charge in [0.1, 0.15) is 22.2 Å². The Balaban J connectivity index is 1.89. The van der Waals surface area contributed by atoms with Gasteiger partial charge in [0.2, 0.25) is 5.16 Å². The Morgan fingerprint density at radius 3 is 2.43 bits per heavy atom. The first-order valence-electron chi connectivity index (χ1n) is 8.07. The van der Waals surface area contributed by atoms with E-state index in [4.69, 9.17) is 9.47 Å². The lowest BCUT2D eigenvalue weighted by Gasteiger charge is -2.06. The standard InChI is InChI=1S/C19H17N3O5S/c1-26-13-7-12(8-14(10-13)27-2)17-20-19(22-21-17)28-16(18(24)25)9-11-5-3-4-6-15(11)23/h3-10,23H,1-2H3,(H,24,25)(H,20,21,22)/b16-9+. The number of hydrogen-bond donors (Lipinski definition) is 3. The number of ether oxygens (including phenoxy) is 2. The number of aromatic amines is 1. The molecule has 3 N–H and O–H groups in total. The van der Waals surface area contributed by atoms with Crippen molar-refractivity contribution in [3.8, 4) is 28.6 Å². The molecule has 8 nitrogen and oxygen atoms in total. The van der Waals surface area contributed by atoms with Crippen molar-refractivity contribution in [2.75, 3.05) is 14.2 Å². The first-order chi connectivity index (χ1) is 13.5. The van der Waals surface area contributed by atoms with E-state index >= 15 is 0 Å². The number of thioether (sulfide) groups is 1. The van der Waals surface area contributed by atoms with Crippen LogP contribution in [0.2, 0.25) is 0 Å². The van der Waals surface area contributed by atoms with Crippen molar-refractivity contribution in [3.05, 3.63) is 52.9 Å². The number of carboxylic acid groups (broad SMARTS) is 1. The van der Waals surface area contributed by atoms with Gasteiger partial charge in [0.25, 0.3) is 0 Å². The van der Waals surface area contributed by atoms with Crippen LogP contribution < -0.4 is 9.47 Å². The first kappa shape index (κ1) is 19.3. The predicted octanol–water partition coefficient (Wildman–Crippen LogP) is 3.41. The molecule has 0 saturated heterocycles. The molecule has 28 heavy (non-hydrogen) atoms. The summed E-state index contributed by atoms with van der Waals surface area (Å²) in [5, 5.41) is 26.4. The lowest BCUT2D eigenvalue weighted by molar-refractivity contribution is -0.131. The number of aromatic hydroxyl groups is 1. The summed E-state index contributed by atoms with van der Waals surface area (Å²) in [7, 11) is 3.09. The summed E-state index contributed by atoms with van der Waals surface area (Å²) >= 11 is 0.870. The minimum absolute atomic E-state index is 0.0130. The number of aromatic nitrogens is 3. The fourth-order valence-corrected chi connectivity index (χ4v) is 3.05. The molecule has 0 spiro atoms. The van der Waals surface area contributed by atoms with Crippen LogP contribution in [0.3, 0.4) is 0 Å². The number of H-pyrrole nitrogens is 1. The second-order valence-electron chi connectivity index (χ2n) is 5.54. The second kappa shape index (κ2) is 8.49. The van der Waals surface area contributed by atoms with Crippen LogP contribution >= 0.6 is 11.8 Å². The summed E-state index contributed by atoms with van der Waals surface area (Å²) < 4.78 is 10.5. The van der Waals surface area contributed by atoms with Gasteiger partial charge in [-0.25, -0.2) is 9.78 Å². The van der Waals surface area contributed by atoms with Gasteiger partial charge in [0, 0.05) is 17.2 Å². The number of carbonyl (C=O) groups is 1. The first-order valence-corrected chi connectivity index (χ1v) is 8.88. The van der Waals surface area contributed by atoms with Crippen LogP contribution in [0.4, 0.5) is 0 Å². The average molecular weight is 399 g/mol. The van der Waals surface area contributed by atoms with Crippen molar-refractivity contribution >= 4 is 23.8 Å². The Kier molecular flexibility index (Phi) is 5.85. The summed E-state index contributed by atoms with van der Waals surface area (Å²) in [5.74, 6) is 0.451. The molecule has 0 unspecified atom stereocenters. The maximum atomic E-state index is 11.6. The molecule has 144 valence electrons. The average Bonchev–Trinajstić information content (AvgIpc) is 3.17. The van der Waals surface area contributed by atoms with E-state index in [-0.39, 0.29) is 15.8 Å². The van der Waals surface area contributed by atoms with Crippen LogP contribution in [0.5, 0.6) is 17.2 Å². The zero-order valence-electron chi connectivity index (χ0n) is 15.0. The monoisotopic (exact) mass is 399 g/mol. The van der Waals surface area contributed by atoms with Crippen molar-refractivity contribution in [3.63, 3.8) is 0 Å². The Morgan fingerprint density at radius 2 is 1.82 bits per heavy atom. The fourth-order valence-electron chi connectivity index (χ4n) is 2.35. The molecular weight excluding hydrogens is 382 g/mol. The molecule has 0 bridgehead atoms. The number of nitrogens with one attached hydrogen (secondary N) is 1. The van der Waals surface area contributed by atoms with Crippen LogP contribution in [-0.2, 0) is 4.79 Å². The van der Waals surface area contributed by atoms with E-state index in [1.54, 1.807) is 50.6 Å². The number of methoxy groups -OCH3 is 2. The highest BCUT2D eigenvalue weighted by Crippen LogP contribution is 2.31. The third kappa shape index (κ3) is 4.44. The number of phenols is 1. The third-order valence-corrected chi connectivity index (χ3v) is 4.60. The zero-order valence-corrected chi connectivity index (χ0v) is 15.9. The summed E-state index contributed by atoms with van der Waals surface area (Å²) in [5.41, 5.74) is 1.07. The summed E-state index contributed by atoms with van der Waals surface area (Å²) in [6, 6.07) is 11.7. The van der Waals surface area contributed by atoms with Gasteiger partial charge >= 0.3 is 5.97 Å². The van der Waals surface area contributed by atoms with E-state index in [1.807, 2.05) is 0 Å². The molecule has 3 rings (SSSR count). The number of benzene rings is 2. The van der Waals surface area contributed by atoms with Gasteiger partial charge in [-0.3, -0.25) is 5.10 Å². The molecular formula is C19H17N3O5S. The van der Waals surface area contributed by atoms with Gasteiger partial charge in [-0.1, -0.05) is 18.2 Å². The van der Waals surface area contributed by atoms with Crippen molar-refractivity contribution < 1.29 is 24.5 Å². The van der Waals surface area contributed by atoms with Gasteiger partial charge in [-0.2, -0.15) is 0 Å². The smallest absolute Gasteiger partial charge is 0.342 e. The SMILES string of the molecule is COc1cc(OC)cc(-c2nc(S/C(=C/c3ccccc3O)C(=O)O)n[nH]2)c1. The summed E-state index contributed by atoms with van der Waals surface area (Å²) in [6.07, 6.45) is 1.37. The molecule has 9 heteroatoms. The number of carboxylic acids is 1. The summed E-state index contributed by atoms with van der Waals surface area (Å²) in [6.45, 7) is 0. The van der Waals surface area contributed by atoms with Gasteiger partial charge in [0.15, 0.2) is 5.82 Å². The van der Waals surface area contributed by atoms with Crippen LogP contribution in [0.15, 0.2) is 52.5 Å². The van der Waals surface area contributed by atoms with E-state index in [1.165, 1.54) is 12.1 Å². The topological polar surface area (TPSA) is 118 Å². The molecule has 0 amide bonds. The molecule has 0 fully saturated rings. The quantitative estimate of drug-likeness (QED) is 0.409. The van der Waals surface area contributed by atoms with Crippen molar-refractivity contribution in [1.82, 2.24) is 15.2 Å². The van der Waals surface area contributed by atoms with Crippen LogP contribution in [0.1, 0.15) is 5.56 Å². The van der Waals surface area contributed by atoms with E-state index < -0.39 is 5.97 Å². The fraction of sp³-hybridized carbons (Fsp3) is 0.105. The maximum absolute atomic E-state index is 11.6. The number of hydrogen-bond acceptors (Lipinski definition) is 7. The second-order valence-corrected chi connectivity index (χ2v) is 6.55. The molecule has 0 saturated carbocycles. The summed E-state index contributed by atoms with van der Waals surface area (Å²) in [4.78, 5) is 15.9. The minimum atomic E-state index is -1.15. The zero-order chi connectivity index (χ0) is 20.1. The number of aliphatic carboxylic acids is 1. The minimum Gasteiger partial charge on any atom is -0.507 e. The predicted molar refractivity (Wildman–Crippen MR) is 104 cm³/mol. The number of nitrogens with zero attached hydrogens (tertiary/aromatic N) is 2. The highest BCUT2D eigenvalue weighted by atomic mass is 32.2. The number of para-hydroxylation sites is 1. The molecule has 1 aromatic heterocycles. The largest absolute Gasteiger partial charge is 0.507 e. The van der Waals surface area contributed by atoms with Crippen molar-refractivity contribution in [2.45, 2.75) is 5.16 Å². The Hall–Kier alpha value is -3.46. The van der Waals surface area contributed by atoms with E-state index in [2.05, 4.69) is 15.2 Å². The molecule has 0 aliphatic heterocycles. The number of rotatable bonds is 7. The lowest BCUT2D eigenvalue weighted by Crippen LogP contribution is -1.97. The molecule has 0 radical (unpaired) electrons. The van der Waals surface area contributed by atoms with E-state index in [9.17, 15) is 15.0 Å². The van der Waals surface area contributed by atoms with Crippen LogP contribution in [0, 0.1) is 0 Å². The third-order valence-electron chi connectivity index (χ3n) is 3.73. The Bertz CT molecular complexity index is 1010. The van der Waals surface area contributed by atoms with Crippen molar-refractivity contribution in [2.24, 2.45) is 0 Å². The molecule has 0 atom stereocenters. The van der Waals surface area contributed by atoms with Crippen molar-refractivity contribution in [1.29, 1.82) is 0 Å². The maximum Gasteiger partial charge on any atom is 0.342 e. The van der Waals surface area contributed by atoms with Gasteiger partial charge in [-0.05, 0) is 36.0 Å². The molecule has 2 aromatic carbocycles. The van der Waals surface area contributed by atoms with Gasteiger partial charge in [0.05, 0.1) is 14.2 Å².